The fourth-order valence-electron chi connectivity index (χ4n) is 7.79. The van der Waals surface area contributed by atoms with Crippen LogP contribution in [0, 0.1) is 0 Å². The van der Waals surface area contributed by atoms with E-state index in [0.29, 0.717) is 0 Å². The first kappa shape index (κ1) is 28.4. The quantitative estimate of drug-likeness (QED) is 0.187. The Labute approximate surface area is 290 Å². The van der Waals surface area contributed by atoms with Crippen LogP contribution in [0.15, 0.2) is 192 Å². The molecule has 0 saturated heterocycles. The van der Waals surface area contributed by atoms with Gasteiger partial charge >= 0.3 is 0 Å². The Morgan fingerprint density at radius 2 is 0.960 bits per heavy atom. The van der Waals surface area contributed by atoms with Crippen LogP contribution in [0.4, 0.5) is 17.1 Å². The molecule has 0 atom stereocenters. The van der Waals surface area contributed by atoms with Crippen molar-refractivity contribution in [1.82, 2.24) is 0 Å². The molecule has 0 aliphatic carbocycles. The van der Waals surface area contributed by atoms with Gasteiger partial charge in [0.1, 0.15) is 11.2 Å². The number of nitrogens with zero attached hydrogens (tertiary/aromatic N) is 1. The molecular weight excluding hydrogens is 607 g/mol. The number of rotatable bonds is 5. The van der Waals surface area contributed by atoms with Crippen molar-refractivity contribution in [2.24, 2.45) is 0 Å². The molecule has 2 heteroatoms. The van der Waals surface area contributed by atoms with E-state index in [1.165, 1.54) is 43.6 Å². The second kappa shape index (κ2) is 11.5. The van der Waals surface area contributed by atoms with Gasteiger partial charge in [0.15, 0.2) is 0 Å². The lowest BCUT2D eigenvalue weighted by atomic mass is 9.91. The summed E-state index contributed by atoms with van der Waals surface area (Å²) in [5.41, 5.74) is 9.88. The number of anilines is 3. The van der Waals surface area contributed by atoms with E-state index in [-0.39, 0.29) is 0 Å². The molecule has 10 aromatic rings. The zero-order chi connectivity index (χ0) is 33.0. The average Bonchev–Trinajstić information content (AvgIpc) is 3.58. The fourth-order valence-corrected chi connectivity index (χ4v) is 7.79. The van der Waals surface area contributed by atoms with Crippen molar-refractivity contribution in [2.75, 3.05) is 4.90 Å². The predicted octanol–water partition coefficient (Wildman–Crippen LogP) is 13.8. The Morgan fingerprint density at radius 1 is 0.360 bits per heavy atom. The maximum atomic E-state index is 6.69. The van der Waals surface area contributed by atoms with Gasteiger partial charge in [-0.05, 0) is 80.2 Å². The Balaban J connectivity index is 1.25. The average molecular weight is 638 g/mol. The van der Waals surface area contributed by atoms with Crippen molar-refractivity contribution in [3.8, 4) is 22.3 Å². The van der Waals surface area contributed by atoms with Crippen LogP contribution < -0.4 is 4.90 Å². The molecule has 0 bridgehead atoms. The van der Waals surface area contributed by atoms with Crippen molar-refractivity contribution >= 4 is 71.3 Å². The van der Waals surface area contributed by atoms with Crippen LogP contribution in [0.5, 0.6) is 0 Å². The molecule has 2 nitrogen and oxygen atoms in total. The lowest BCUT2D eigenvalue weighted by molar-refractivity contribution is 0.672. The van der Waals surface area contributed by atoms with E-state index < -0.39 is 0 Å². The molecule has 0 radical (unpaired) electrons. The molecule has 50 heavy (non-hydrogen) atoms. The molecule has 10 rings (SSSR count). The van der Waals surface area contributed by atoms with Crippen LogP contribution >= 0.6 is 0 Å². The topological polar surface area (TPSA) is 16.4 Å². The van der Waals surface area contributed by atoms with Crippen LogP contribution in [-0.2, 0) is 0 Å². The molecule has 0 aliphatic rings. The van der Waals surface area contributed by atoms with Gasteiger partial charge < -0.3 is 9.32 Å². The Hall–Kier alpha value is -6.64. The first-order valence-corrected chi connectivity index (χ1v) is 17.1. The van der Waals surface area contributed by atoms with Gasteiger partial charge in [0.25, 0.3) is 0 Å². The molecule has 1 heterocycles. The summed E-state index contributed by atoms with van der Waals surface area (Å²) in [6.07, 6.45) is 0. The highest BCUT2D eigenvalue weighted by Gasteiger charge is 2.22. The van der Waals surface area contributed by atoms with Crippen molar-refractivity contribution in [2.45, 2.75) is 0 Å². The van der Waals surface area contributed by atoms with Crippen molar-refractivity contribution < 1.29 is 4.42 Å². The Bertz CT molecular complexity index is 2870. The number of fused-ring (bicyclic) bond motifs is 7. The third-order valence-electron chi connectivity index (χ3n) is 10.0. The summed E-state index contributed by atoms with van der Waals surface area (Å²) < 4.78 is 6.69. The van der Waals surface area contributed by atoms with Crippen LogP contribution in [0.1, 0.15) is 0 Å². The lowest BCUT2D eigenvalue weighted by Crippen LogP contribution is -2.11. The van der Waals surface area contributed by atoms with Gasteiger partial charge in [-0.1, -0.05) is 152 Å². The Morgan fingerprint density at radius 3 is 1.80 bits per heavy atom. The molecule has 0 aliphatic heterocycles. The second-order valence-electron chi connectivity index (χ2n) is 12.9. The number of benzene rings is 9. The molecule has 0 saturated carbocycles. The number of hydrogen-bond donors (Lipinski definition) is 0. The number of hydrogen-bond acceptors (Lipinski definition) is 2. The number of furan rings is 1. The van der Waals surface area contributed by atoms with Crippen molar-refractivity contribution in [1.29, 1.82) is 0 Å². The summed E-state index contributed by atoms with van der Waals surface area (Å²) in [6.45, 7) is 0. The van der Waals surface area contributed by atoms with Crippen LogP contribution in [0.25, 0.3) is 76.5 Å². The minimum atomic E-state index is 0.872. The van der Waals surface area contributed by atoms with Gasteiger partial charge in [-0.2, -0.15) is 0 Å². The summed E-state index contributed by atoms with van der Waals surface area (Å²) in [6, 6.07) is 67.5. The summed E-state index contributed by atoms with van der Waals surface area (Å²) >= 11 is 0. The molecular formula is C48H31NO. The first-order valence-electron chi connectivity index (χ1n) is 17.1. The molecule has 1 aromatic heterocycles. The molecule has 0 spiro atoms. The van der Waals surface area contributed by atoms with Crippen LogP contribution in [0.2, 0.25) is 0 Å². The summed E-state index contributed by atoms with van der Waals surface area (Å²) in [7, 11) is 0. The standard InChI is InChI=1S/C48H31NO/c1-2-13-33(14-3-1)39-24-9-18-35-19-10-25-40(46(35)39)36-20-8-21-37(31-36)49(43-26-11-17-32-15-4-6-22-38(32)43)44-27-12-28-45-47(44)42-30-29-34-16-5-7-23-41(34)48(42)50-45/h1-31H. The zero-order valence-corrected chi connectivity index (χ0v) is 27.3. The smallest absolute Gasteiger partial charge is 0.143 e. The van der Waals surface area contributed by atoms with Crippen LogP contribution in [0.3, 0.4) is 0 Å². The van der Waals surface area contributed by atoms with E-state index in [0.717, 1.165) is 50.0 Å². The van der Waals surface area contributed by atoms with E-state index in [2.05, 4.69) is 193 Å². The minimum absolute atomic E-state index is 0.872. The van der Waals surface area contributed by atoms with Gasteiger partial charge in [-0.15, -0.1) is 0 Å². The highest BCUT2D eigenvalue weighted by atomic mass is 16.3. The SMILES string of the molecule is c1ccc(-c2cccc3cccc(-c4cccc(N(c5cccc6ccccc56)c5cccc6oc7c8ccccc8ccc7c56)c4)c23)cc1. The maximum Gasteiger partial charge on any atom is 0.143 e. The van der Waals surface area contributed by atoms with Crippen LogP contribution in [-0.4, -0.2) is 0 Å². The molecule has 0 amide bonds. The third-order valence-corrected chi connectivity index (χ3v) is 10.0. The van der Waals surface area contributed by atoms with E-state index in [9.17, 15) is 0 Å². The highest BCUT2D eigenvalue weighted by Crippen LogP contribution is 2.47. The van der Waals surface area contributed by atoms with E-state index >= 15 is 0 Å². The molecule has 234 valence electrons. The minimum Gasteiger partial charge on any atom is -0.455 e. The van der Waals surface area contributed by atoms with Crippen molar-refractivity contribution in [3.63, 3.8) is 0 Å². The molecule has 0 unspecified atom stereocenters. The lowest BCUT2D eigenvalue weighted by Gasteiger charge is -2.28. The zero-order valence-electron chi connectivity index (χ0n) is 27.3. The first-order chi connectivity index (χ1) is 24.8. The monoisotopic (exact) mass is 637 g/mol. The highest BCUT2D eigenvalue weighted by molar-refractivity contribution is 6.20. The van der Waals surface area contributed by atoms with Gasteiger partial charge in [-0.25, -0.2) is 0 Å². The fraction of sp³-hybridized carbons (Fsp3) is 0. The predicted molar refractivity (Wildman–Crippen MR) is 212 cm³/mol. The van der Waals surface area contributed by atoms with Gasteiger partial charge in [0.05, 0.1) is 16.8 Å². The summed E-state index contributed by atoms with van der Waals surface area (Å²) in [5.74, 6) is 0. The second-order valence-corrected chi connectivity index (χ2v) is 12.9. The van der Waals surface area contributed by atoms with Gasteiger partial charge in [0, 0.05) is 21.8 Å². The molecule has 0 fully saturated rings. The van der Waals surface area contributed by atoms with E-state index in [1.54, 1.807) is 0 Å². The van der Waals surface area contributed by atoms with Gasteiger partial charge in [-0.3, -0.25) is 0 Å². The largest absolute Gasteiger partial charge is 0.455 e. The van der Waals surface area contributed by atoms with E-state index in [1.807, 2.05) is 0 Å². The van der Waals surface area contributed by atoms with Gasteiger partial charge in [0.2, 0.25) is 0 Å². The van der Waals surface area contributed by atoms with Crippen molar-refractivity contribution in [3.05, 3.63) is 188 Å². The molecule has 0 N–H and O–H groups in total. The van der Waals surface area contributed by atoms with E-state index in [4.69, 9.17) is 4.42 Å². The maximum absolute atomic E-state index is 6.69. The molecule has 9 aromatic carbocycles. The Kier molecular flexibility index (Phi) is 6.53. The summed E-state index contributed by atoms with van der Waals surface area (Å²) in [4.78, 5) is 2.42. The summed E-state index contributed by atoms with van der Waals surface area (Å²) in [5, 5.41) is 9.36. The third kappa shape index (κ3) is 4.50. The normalized spacial score (nSPS) is 11.6.